The Bertz CT molecular complexity index is 641. The van der Waals surface area contributed by atoms with Crippen LogP contribution in [0.3, 0.4) is 0 Å². The molecule has 114 valence electrons. The van der Waals surface area contributed by atoms with Crippen molar-refractivity contribution in [3.8, 4) is 5.75 Å². The predicted octanol–water partition coefficient (Wildman–Crippen LogP) is 5.74. The summed E-state index contributed by atoms with van der Waals surface area (Å²) in [5.41, 5.74) is 2.34. The molecule has 0 bridgehead atoms. The zero-order chi connectivity index (χ0) is 15.4. The topological polar surface area (TPSA) is 9.23 Å². The number of ether oxygens (including phenoxy) is 1. The van der Waals surface area contributed by atoms with Crippen LogP contribution in [0.1, 0.15) is 42.7 Å². The molecule has 1 saturated carbocycles. The molecule has 3 heteroatoms. The van der Waals surface area contributed by atoms with Crippen LogP contribution in [-0.2, 0) is 0 Å². The van der Waals surface area contributed by atoms with Crippen LogP contribution in [0.25, 0.3) is 0 Å². The lowest BCUT2D eigenvalue weighted by atomic mass is 9.81. The number of halogens is 1. The monoisotopic (exact) mass is 330 g/mol. The summed E-state index contributed by atoms with van der Waals surface area (Å²) in [6.07, 6.45) is 5.02. The van der Waals surface area contributed by atoms with Crippen molar-refractivity contribution in [3.63, 3.8) is 0 Å². The predicted molar refractivity (Wildman–Crippen MR) is 97.0 cm³/mol. The summed E-state index contributed by atoms with van der Waals surface area (Å²) in [7, 11) is 3.37. The Morgan fingerprint density at radius 1 is 1.05 bits per heavy atom. The van der Waals surface area contributed by atoms with Gasteiger partial charge >= 0.3 is 0 Å². The first kappa shape index (κ1) is 15.6. The SMILES string of the molecule is P=Cc1ccc(OC2CCCCC2c2ccccc2)cc1Cl. The van der Waals surface area contributed by atoms with E-state index >= 15 is 0 Å². The summed E-state index contributed by atoms with van der Waals surface area (Å²) in [5, 5.41) is 0.708. The van der Waals surface area contributed by atoms with Crippen molar-refractivity contribution in [2.75, 3.05) is 0 Å². The van der Waals surface area contributed by atoms with Gasteiger partial charge in [-0.25, -0.2) is 0 Å². The van der Waals surface area contributed by atoms with Gasteiger partial charge < -0.3 is 4.74 Å². The number of hydrogen-bond donors (Lipinski definition) is 0. The molecule has 2 atom stereocenters. The van der Waals surface area contributed by atoms with Crippen LogP contribution in [0.15, 0.2) is 48.5 Å². The third kappa shape index (κ3) is 3.54. The first-order valence-corrected chi connectivity index (χ1v) is 8.75. The molecule has 3 rings (SSSR count). The van der Waals surface area contributed by atoms with Crippen molar-refractivity contribution in [1.29, 1.82) is 0 Å². The molecule has 2 aromatic rings. The van der Waals surface area contributed by atoms with Crippen molar-refractivity contribution in [1.82, 2.24) is 0 Å². The molecule has 1 aliphatic carbocycles. The average Bonchev–Trinajstić information content (AvgIpc) is 2.56. The zero-order valence-corrected chi connectivity index (χ0v) is 14.2. The van der Waals surface area contributed by atoms with Gasteiger partial charge in [0.15, 0.2) is 0 Å². The lowest BCUT2D eigenvalue weighted by Gasteiger charge is -2.32. The largest absolute Gasteiger partial charge is 0.490 e. The van der Waals surface area contributed by atoms with Gasteiger partial charge in [0.25, 0.3) is 0 Å². The maximum absolute atomic E-state index is 6.29. The Hall–Kier alpha value is -1.30. The van der Waals surface area contributed by atoms with Gasteiger partial charge in [0, 0.05) is 5.92 Å². The second-order valence-corrected chi connectivity index (χ2v) is 6.48. The van der Waals surface area contributed by atoms with Gasteiger partial charge in [-0.15, -0.1) is 8.86 Å². The fourth-order valence-corrected chi connectivity index (χ4v) is 3.76. The Morgan fingerprint density at radius 3 is 2.55 bits per heavy atom. The molecule has 2 aromatic carbocycles. The van der Waals surface area contributed by atoms with Crippen LogP contribution in [-0.4, -0.2) is 11.9 Å². The highest BCUT2D eigenvalue weighted by Gasteiger charge is 2.28. The number of hydrogen-bond acceptors (Lipinski definition) is 1. The Morgan fingerprint density at radius 2 is 1.82 bits per heavy atom. The molecule has 1 fully saturated rings. The summed E-state index contributed by atoms with van der Waals surface area (Å²) in [6, 6.07) is 16.6. The van der Waals surface area contributed by atoms with Crippen LogP contribution >= 0.6 is 20.5 Å². The molecule has 0 heterocycles. The van der Waals surface area contributed by atoms with Crippen molar-refractivity contribution < 1.29 is 4.74 Å². The smallest absolute Gasteiger partial charge is 0.121 e. The van der Waals surface area contributed by atoms with Crippen LogP contribution < -0.4 is 4.74 Å². The minimum absolute atomic E-state index is 0.227. The fraction of sp³-hybridized carbons (Fsp3) is 0.316. The lowest BCUT2D eigenvalue weighted by Crippen LogP contribution is -2.28. The highest BCUT2D eigenvalue weighted by molar-refractivity contribution is 7.19. The highest BCUT2D eigenvalue weighted by atomic mass is 35.5. The minimum atomic E-state index is 0.227. The quantitative estimate of drug-likeness (QED) is 0.650. The Balaban J connectivity index is 1.80. The van der Waals surface area contributed by atoms with E-state index in [9.17, 15) is 0 Å². The lowest BCUT2D eigenvalue weighted by molar-refractivity contribution is 0.130. The first-order valence-electron chi connectivity index (χ1n) is 7.79. The molecule has 0 spiro atoms. The minimum Gasteiger partial charge on any atom is -0.490 e. The van der Waals surface area contributed by atoms with Crippen LogP contribution in [0.5, 0.6) is 5.75 Å². The molecule has 1 nitrogen and oxygen atoms in total. The molecule has 22 heavy (non-hydrogen) atoms. The van der Waals surface area contributed by atoms with Gasteiger partial charge in [0.1, 0.15) is 11.9 Å². The van der Waals surface area contributed by atoms with Crippen molar-refractivity contribution in [2.45, 2.75) is 37.7 Å². The van der Waals surface area contributed by atoms with Crippen molar-refractivity contribution in [2.24, 2.45) is 0 Å². The van der Waals surface area contributed by atoms with E-state index in [2.05, 4.69) is 39.2 Å². The summed E-state index contributed by atoms with van der Waals surface area (Å²) in [5.74, 6) is 3.14. The summed E-state index contributed by atoms with van der Waals surface area (Å²) >= 11 is 6.26. The van der Waals surface area contributed by atoms with Gasteiger partial charge in [0.05, 0.1) is 5.02 Å². The normalized spacial score (nSPS) is 21.3. The molecular formula is C19H20ClOP. The van der Waals surface area contributed by atoms with E-state index in [1.165, 1.54) is 24.8 Å². The van der Waals surface area contributed by atoms with E-state index in [1.807, 2.05) is 24.0 Å². The standard InChI is InChI=1S/C19H20ClOP/c20-18-12-16(11-10-15(18)13-22)21-19-9-5-4-8-17(19)14-6-2-1-3-7-14/h1-3,6-7,10-13,17,19,22H,4-5,8-9H2. The number of benzene rings is 2. The van der Waals surface area contributed by atoms with Gasteiger partial charge in [-0.1, -0.05) is 48.4 Å². The third-order valence-electron chi connectivity index (χ3n) is 4.35. The summed E-state index contributed by atoms with van der Waals surface area (Å²) in [4.78, 5) is 0. The molecule has 0 saturated heterocycles. The zero-order valence-electron chi connectivity index (χ0n) is 12.5. The Labute approximate surface area is 139 Å². The number of rotatable bonds is 4. The van der Waals surface area contributed by atoms with Crippen molar-refractivity contribution in [3.05, 3.63) is 64.7 Å². The van der Waals surface area contributed by atoms with E-state index in [1.54, 1.807) is 0 Å². The maximum Gasteiger partial charge on any atom is 0.121 e. The highest BCUT2D eigenvalue weighted by Crippen LogP contribution is 2.36. The second kappa shape index (κ2) is 7.31. The Kier molecular flexibility index (Phi) is 5.18. The second-order valence-electron chi connectivity index (χ2n) is 5.79. The molecule has 0 amide bonds. The van der Waals surface area contributed by atoms with E-state index < -0.39 is 0 Å². The van der Waals surface area contributed by atoms with Gasteiger partial charge in [0.2, 0.25) is 0 Å². The van der Waals surface area contributed by atoms with Crippen LogP contribution in [0.4, 0.5) is 0 Å². The summed E-state index contributed by atoms with van der Waals surface area (Å²) < 4.78 is 6.29. The molecule has 2 unspecified atom stereocenters. The molecule has 1 aliphatic rings. The van der Waals surface area contributed by atoms with Gasteiger partial charge in [-0.05, 0) is 54.4 Å². The van der Waals surface area contributed by atoms with Crippen molar-refractivity contribution >= 4 is 26.3 Å². The van der Waals surface area contributed by atoms with E-state index in [0.717, 1.165) is 17.7 Å². The molecule has 0 radical (unpaired) electrons. The van der Waals surface area contributed by atoms with Gasteiger partial charge in [-0.2, -0.15) is 0 Å². The van der Waals surface area contributed by atoms with E-state index in [4.69, 9.17) is 16.3 Å². The molecule has 0 aliphatic heterocycles. The van der Waals surface area contributed by atoms with E-state index in [0.29, 0.717) is 10.9 Å². The molecule has 0 aromatic heterocycles. The molecular weight excluding hydrogens is 311 g/mol. The van der Waals surface area contributed by atoms with Gasteiger partial charge in [-0.3, -0.25) is 0 Å². The maximum atomic E-state index is 6.29. The summed E-state index contributed by atoms with van der Waals surface area (Å²) in [6.45, 7) is 0. The fourth-order valence-electron chi connectivity index (χ4n) is 3.19. The third-order valence-corrected chi connectivity index (χ3v) is 4.98. The van der Waals surface area contributed by atoms with Crippen LogP contribution in [0.2, 0.25) is 5.02 Å². The first-order chi connectivity index (χ1) is 10.8. The molecule has 0 N–H and O–H groups in total. The average molecular weight is 331 g/mol. The van der Waals surface area contributed by atoms with E-state index in [-0.39, 0.29) is 6.10 Å². The van der Waals surface area contributed by atoms with Crippen LogP contribution in [0, 0.1) is 0 Å².